The number of para-hydroxylation sites is 1. The van der Waals surface area contributed by atoms with Crippen LogP contribution in [0.5, 0.6) is 0 Å². The molecule has 2 aliphatic rings. The van der Waals surface area contributed by atoms with Gasteiger partial charge in [-0.15, -0.1) is 0 Å². The van der Waals surface area contributed by atoms with Gasteiger partial charge in [-0.1, -0.05) is 46.3 Å². The van der Waals surface area contributed by atoms with E-state index in [1.54, 1.807) is 67.5 Å². The topological polar surface area (TPSA) is 82.8 Å². The van der Waals surface area contributed by atoms with Crippen LogP contribution >= 0.6 is 15.9 Å². The van der Waals surface area contributed by atoms with E-state index in [-0.39, 0.29) is 23.5 Å². The van der Waals surface area contributed by atoms with Crippen LogP contribution in [0, 0.1) is 0 Å². The van der Waals surface area contributed by atoms with Crippen LogP contribution in [-0.4, -0.2) is 51.6 Å². The number of carbonyl (C=O) groups is 2. The molecule has 37 heavy (non-hydrogen) atoms. The number of aliphatic imine (C=N–C) groups is 1. The second-order valence-corrected chi connectivity index (χ2v) is 9.81. The molecule has 1 aromatic heterocycles. The number of nitrogens with one attached hydrogen (secondary N) is 1. The number of rotatable bonds is 3. The lowest BCUT2D eigenvalue weighted by atomic mass is 9.96. The maximum atomic E-state index is 14.0. The highest BCUT2D eigenvalue weighted by Crippen LogP contribution is 2.44. The highest BCUT2D eigenvalue weighted by Gasteiger charge is 2.47. The number of aromatic nitrogens is 2. The van der Waals surface area contributed by atoms with Crippen LogP contribution in [0.25, 0.3) is 0 Å². The zero-order valence-electron chi connectivity index (χ0n) is 19.8. The quantitative estimate of drug-likeness (QED) is 0.466. The van der Waals surface area contributed by atoms with Crippen molar-refractivity contribution in [3.8, 4) is 0 Å². The van der Waals surface area contributed by atoms with Crippen molar-refractivity contribution in [2.75, 3.05) is 17.4 Å². The van der Waals surface area contributed by atoms with E-state index < -0.39 is 36.1 Å². The number of benzene rings is 2. The van der Waals surface area contributed by atoms with Crippen molar-refractivity contribution >= 4 is 45.0 Å². The van der Waals surface area contributed by atoms with Crippen molar-refractivity contribution in [3.63, 3.8) is 0 Å². The number of carbonyl (C=O) groups excluding carboxylic acids is 2. The Morgan fingerprint density at radius 3 is 2.46 bits per heavy atom. The number of amides is 2. The lowest BCUT2D eigenvalue weighted by molar-refractivity contribution is -0.173. The van der Waals surface area contributed by atoms with Gasteiger partial charge in [0.2, 0.25) is 0 Å². The van der Waals surface area contributed by atoms with Crippen LogP contribution in [0.1, 0.15) is 41.3 Å². The van der Waals surface area contributed by atoms with Crippen molar-refractivity contribution in [2.24, 2.45) is 4.99 Å². The third kappa shape index (κ3) is 4.55. The molecule has 1 N–H and O–H groups in total. The molecule has 3 unspecified atom stereocenters. The minimum atomic E-state index is -4.59. The summed E-state index contributed by atoms with van der Waals surface area (Å²) in [5.41, 5.74) is 1.09. The van der Waals surface area contributed by atoms with Gasteiger partial charge in [-0.25, -0.2) is 19.7 Å². The molecule has 0 saturated carbocycles. The van der Waals surface area contributed by atoms with Crippen molar-refractivity contribution in [1.29, 1.82) is 0 Å². The summed E-state index contributed by atoms with van der Waals surface area (Å²) in [6, 6.07) is 12.6. The first-order chi connectivity index (χ1) is 17.6. The van der Waals surface area contributed by atoms with Crippen LogP contribution in [0.15, 0.2) is 70.3 Å². The second-order valence-electron chi connectivity index (χ2n) is 8.90. The number of hydrazine groups is 1. The summed E-state index contributed by atoms with van der Waals surface area (Å²) in [6.07, 6.45) is -3.81. The average molecular weight is 575 g/mol. The third-order valence-corrected chi connectivity index (χ3v) is 7.18. The maximum Gasteiger partial charge on any atom is 0.410 e. The van der Waals surface area contributed by atoms with Gasteiger partial charge in [-0.3, -0.25) is 9.59 Å². The molecule has 12 heteroatoms. The first-order valence-electron chi connectivity index (χ1n) is 11.5. The highest BCUT2D eigenvalue weighted by atomic mass is 79.9. The predicted molar refractivity (Wildman–Crippen MR) is 135 cm³/mol. The summed E-state index contributed by atoms with van der Waals surface area (Å²) in [5, 5.41) is 9.99. The van der Waals surface area contributed by atoms with Gasteiger partial charge in [-0.2, -0.15) is 18.3 Å². The van der Waals surface area contributed by atoms with E-state index >= 15 is 0 Å². The Morgan fingerprint density at radius 1 is 1.14 bits per heavy atom. The lowest BCUT2D eigenvalue weighted by Crippen LogP contribution is -2.38. The molecule has 192 valence electrons. The Balaban J connectivity index is 1.50. The molecule has 3 atom stereocenters. The first-order valence-corrected chi connectivity index (χ1v) is 12.3. The third-order valence-electron chi connectivity index (χ3n) is 6.65. The van der Waals surface area contributed by atoms with Crippen LogP contribution in [-0.2, 0) is 4.79 Å². The Hall–Kier alpha value is -3.51. The van der Waals surface area contributed by atoms with Crippen molar-refractivity contribution in [3.05, 3.63) is 76.4 Å². The van der Waals surface area contributed by atoms with Gasteiger partial charge >= 0.3 is 6.18 Å². The highest BCUT2D eigenvalue weighted by molar-refractivity contribution is 9.10. The molecule has 0 bridgehead atoms. The fourth-order valence-electron chi connectivity index (χ4n) is 4.59. The summed E-state index contributed by atoms with van der Waals surface area (Å²) in [7, 11) is 1.70. The zero-order valence-corrected chi connectivity index (χ0v) is 21.4. The molecular formula is C25H22BrF3N6O2. The molecular weight excluding hydrogens is 553 g/mol. The summed E-state index contributed by atoms with van der Waals surface area (Å²) >= 11 is 3.33. The molecule has 0 spiro atoms. The molecule has 8 nitrogen and oxygen atoms in total. The van der Waals surface area contributed by atoms with Crippen LogP contribution in [0.4, 0.5) is 24.7 Å². The van der Waals surface area contributed by atoms with Crippen LogP contribution in [0.2, 0.25) is 0 Å². The number of anilines is 2. The van der Waals surface area contributed by atoms with E-state index in [9.17, 15) is 22.8 Å². The van der Waals surface area contributed by atoms with E-state index in [0.29, 0.717) is 11.3 Å². The van der Waals surface area contributed by atoms with Crippen LogP contribution in [0.3, 0.4) is 0 Å². The van der Waals surface area contributed by atoms with E-state index in [1.165, 1.54) is 5.01 Å². The molecule has 2 amide bonds. The smallest absolute Gasteiger partial charge is 0.363 e. The predicted octanol–water partition coefficient (Wildman–Crippen LogP) is 5.17. The summed E-state index contributed by atoms with van der Waals surface area (Å²) in [6.45, 7) is 1.72. The molecule has 0 radical (unpaired) electrons. The number of hydrogen-bond acceptors (Lipinski definition) is 5. The Labute approximate surface area is 218 Å². The van der Waals surface area contributed by atoms with Gasteiger partial charge in [0.25, 0.3) is 11.8 Å². The van der Waals surface area contributed by atoms with Crippen LogP contribution < -0.4 is 10.3 Å². The largest absolute Gasteiger partial charge is 0.410 e. The molecule has 1 saturated heterocycles. The van der Waals surface area contributed by atoms with Gasteiger partial charge in [0.15, 0.2) is 6.04 Å². The zero-order chi connectivity index (χ0) is 26.5. The minimum absolute atomic E-state index is 0.0102. The van der Waals surface area contributed by atoms with Crippen molar-refractivity contribution < 1.29 is 22.8 Å². The minimum Gasteiger partial charge on any atom is -0.363 e. The number of halogens is 4. The molecule has 2 aliphatic heterocycles. The summed E-state index contributed by atoms with van der Waals surface area (Å²) in [5.74, 6) is -1.41. The molecule has 3 heterocycles. The fraction of sp³-hybridized carbons (Fsp3) is 0.280. The van der Waals surface area contributed by atoms with E-state index in [4.69, 9.17) is 0 Å². The molecule has 3 aromatic rings. The van der Waals surface area contributed by atoms with E-state index in [1.807, 2.05) is 6.07 Å². The molecule has 1 fully saturated rings. The fourth-order valence-corrected chi connectivity index (χ4v) is 4.86. The Bertz CT molecular complexity index is 1370. The second kappa shape index (κ2) is 9.42. The van der Waals surface area contributed by atoms with Gasteiger partial charge in [0.1, 0.15) is 17.1 Å². The molecule has 0 aliphatic carbocycles. The summed E-state index contributed by atoms with van der Waals surface area (Å²) < 4.78 is 43.6. The number of alkyl halides is 3. The Morgan fingerprint density at radius 2 is 1.81 bits per heavy atom. The van der Waals surface area contributed by atoms with Gasteiger partial charge in [0, 0.05) is 17.9 Å². The van der Waals surface area contributed by atoms with Crippen molar-refractivity contribution in [1.82, 2.24) is 14.8 Å². The van der Waals surface area contributed by atoms with Crippen molar-refractivity contribution in [2.45, 2.75) is 37.6 Å². The van der Waals surface area contributed by atoms with Gasteiger partial charge < -0.3 is 5.32 Å². The SMILES string of the molecule is CC1C(=NC(=O)c2cnn3c2NC(c2ccc(Br)cc2)CC3C(F)(F)F)C(=O)N(c2ccccc2)N1C. The molecule has 5 rings (SSSR count). The van der Waals surface area contributed by atoms with Gasteiger partial charge in [0.05, 0.1) is 24.0 Å². The molecule has 2 aromatic carbocycles. The number of nitrogens with zero attached hydrogens (tertiary/aromatic N) is 5. The Kier molecular flexibility index (Phi) is 6.40. The number of hydrogen-bond donors (Lipinski definition) is 1. The van der Waals surface area contributed by atoms with Gasteiger partial charge in [-0.05, 0) is 36.8 Å². The maximum absolute atomic E-state index is 14.0. The summed E-state index contributed by atoms with van der Waals surface area (Å²) in [4.78, 5) is 30.5. The normalized spacial score (nSPS) is 23.3. The lowest BCUT2D eigenvalue weighted by Gasteiger charge is -2.34. The monoisotopic (exact) mass is 574 g/mol. The van der Waals surface area contributed by atoms with E-state index in [0.717, 1.165) is 15.4 Å². The average Bonchev–Trinajstić information content (AvgIpc) is 3.38. The number of fused-ring (bicyclic) bond motifs is 1. The van der Waals surface area contributed by atoms with E-state index in [2.05, 4.69) is 31.3 Å². The first kappa shape index (κ1) is 25.2. The standard InChI is InChI=1S/C25H22BrF3N6O2/c1-14-21(24(37)35(33(14)2)17-6-4-3-5-7-17)32-23(36)18-13-30-34-20(25(27,28)29)12-19(31-22(18)34)15-8-10-16(26)11-9-15/h3-11,13-14,19-20,31H,12H2,1-2H3.